The molecule has 0 spiro atoms. The third kappa shape index (κ3) is 7.63. The summed E-state index contributed by atoms with van der Waals surface area (Å²) in [5, 5.41) is 12.3. The summed E-state index contributed by atoms with van der Waals surface area (Å²) < 4.78 is 5.28. The van der Waals surface area contributed by atoms with Gasteiger partial charge in [-0.05, 0) is 24.9 Å². The van der Waals surface area contributed by atoms with Gasteiger partial charge in [-0.3, -0.25) is 0 Å². The monoisotopic (exact) mass is 279 g/mol. The fourth-order valence-electron chi connectivity index (χ4n) is 2.29. The number of benzene rings is 1. The summed E-state index contributed by atoms with van der Waals surface area (Å²) in [5.41, 5.74) is 1.37. The fourth-order valence-corrected chi connectivity index (χ4v) is 2.29. The molecule has 1 unspecified atom stereocenters. The van der Waals surface area contributed by atoms with E-state index in [1.165, 1.54) is 31.2 Å². The molecule has 1 atom stereocenters. The molecule has 3 heteroatoms. The minimum atomic E-state index is 0.108. The van der Waals surface area contributed by atoms with Crippen molar-refractivity contribution >= 4 is 0 Å². The van der Waals surface area contributed by atoms with Gasteiger partial charge in [0, 0.05) is 12.6 Å². The van der Waals surface area contributed by atoms with E-state index in [0.29, 0.717) is 19.3 Å². The Balaban J connectivity index is 2.31. The van der Waals surface area contributed by atoms with E-state index in [-0.39, 0.29) is 6.61 Å². The molecule has 1 aromatic rings. The van der Waals surface area contributed by atoms with Crippen LogP contribution in [0.3, 0.4) is 0 Å². The van der Waals surface area contributed by atoms with Gasteiger partial charge in [0.15, 0.2) is 0 Å². The molecule has 1 aromatic carbocycles. The van der Waals surface area contributed by atoms with Crippen LogP contribution in [0.2, 0.25) is 0 Å². The molecule has 0 amide bonds. The molecule has 0 fully saturated rings. The lowest BCUT2D eigenvalue weighted by Gasteiger charge is -2.19. The van der Waals surface area contributed by atoms with E-state index in [1.54, 1.807) is 0 Å². The highest BCUT2D eigenvalue weighted by Gasteiger charge is 2.09. The number of nitrogens with one attached hydrogen (secondary N) is 1. The molecule has 0 aliphatic heterocycles. The second kappa shape index (κ2) is 11.9. The van der Waals surface area contributed by atoms with Crippen LogP contribution in [0.1, 0.15) is 50.6 Å². The zero-order chi connectivity index (χ0) is 14.5. The molecule has 2 N–H and O–H groups in total. The summed E-state index contributed by atoms with van der Waals surface area (Å²) in [7, 11) is 0. The second-order valence-corrected chi connectivity index (χ2v) is 5.10. The Hall–Kier alpha value is -0.900. The highest BCUT2D eigenvalue weighted by Crippen LogP contribution is 2.19. The molecule has 0 saturated carbocycles. The lowest BCUT2D eigenvalue weighted by atomic mass is 10.0. The molecular weight excluding hydrogens is 250 g/mol. The molecule has 1 rings (SSSR count). The maximum Gasteiger partial charge on any atom is 0.0697 e. The summed E-state index contributed by atoms with van der Waals surface area (Å²) in [6.07, 6.45) is 6.00. The van der Waals surface area contributed by atoms with Gasteiger partial charge < -0.3 is 15.2 Å². The molecule has 0 aromatic heterocycles. The smallest absolute Gasteiger partial charge is 0.0697 e. The predicted molar refractivity (Wildman–Crippen MR) is 83.8 cm³/mol. The molecule has 114 valence electrons. The average Bonchev–Trinajstić information content (AvgIpc) is 2.50. The second-order valence-electron chi connectivity index (χ2n) is 5.10. The van der Waals surface area contributed by atoms with Gasteiger partial charge in [-0.15, -0.1) is 0 Å². The number of unbranched alkanes of at least 4 members (excludes halogenated alkanes) is 2. The SMILES string of the molecule is CCCCCC(NCCCOCCO)c1ccccc1. The number of aliphatic hydroxyl groups is 1. The van der Waals surface area contributed by atoms with E-state index in [2.05, 4.69) is 42.6 Å². The van der Waals surface area contributed by atoms with Gasteiger partial charge in [0.1, 0.15) is 0 Å². The zero-order valence-electron chi connectivity index (χ0n) is 12.7. The van der Waals surface area contributed by atoms with Crippen LogP contribution in [0.25, 0.3) is 0 Å². The van der Waals surface area contributed by atoms with Crippen molar-refractivity contribution in [3.8, 4) is 0 Å². The van der Waals surface area contributed by atoms with Crippen molar-refractivity contribution in [2.24, 2.45) is 0 Å². The first-order valence-electron chi connectivity index (χ1n) is 7.85. The van der Waals surface area contributed by atoms with Crippen LogP contribution in [0.15, 0.2) is 30.3 Å². The normalized spacial score (nSPS) is 12.5. The van der Waals surface area contributed by atoms with Gasteiger partial charge >= 0.3 is 0 Å². The fraction of sp³-hybridized carbons (Fsp3) is 0.647. The molecular formula is C17H29NO2. The largest absolute Gasteiger partial charge is 0.394 e. The summed E-state index contributed by atoms with van der Waals surface area (Å²) in [6, 6.07) is 11.1. The predicted octanol–water partition coefficient (Wildman–Crippen LogP) is 3.30. The zero-order valence-corrected chi connectivity index (χ0v) is 12.7. The number of aliphatic hydroxyl groups excluding tert-OH is 1. The Morgan fingerprint density at radius 1 is 1.10 bits per heavy atom. The lowest BCUT2D eigenvalue weighted by Crippen LogP contribution is -2.23. The summed E-state index contributed by atoms with van der Waals surface area (Å²) in [5.74, 6) is 0. The van der Waals surface area contributed by atoms with Gasteiger partial charge in [-0.1, -0.05) is 56.5 Å². The topological polar surface area (TPSA) is 41.5 Å². The van der Waals surface area contributed by atoms with E-state index in [4.69, 9.17) is 9.84 Å². The minimum absolute atomic E-state index is 0.108. The first-order valence-corrected chi connectivity index (χ1v) is 7.85. The van der Waals surface area contributed by atoms with Gasteiger partial charge in [-0.25, -0.2) is 0 Å². The summed E-state index contributed by atoms with van der Waals surface area (Å²) in [6.45, 7) is 4.46. The van der Waals surface area contributed by atoms with Crippen LogP contribution in [0, 0.1) is 0 Å². The van der Waals surface area contributed by atoms with Gasteiger partial charge in [-0.2, -0.15) is 0 Å². The molecule has 0 radical (unpaired) electrons. The van der Waals surface area contributed by atoms with Crippen LogP contribution in [0.5, 0.6) is 0 Å². The average molecular weight is 279 g/mol. The molecule has 0 saturated heterocycles. The van der Waals surface area contributed by atoms with E-state index in [9.17, 15) is 0 Å². The van der Waals surface area contributed by atoms with Crippen LogP contribution >= 0.6 is 0 Å². The first kappa shape index (κ1) is 17.2. The van der Waals surface area contributed by atoms with Crippen molar-refractivity contribution in [3.63, 3.8) is 0 Å². The van der Waals surface area contributed by atoms with Crippen molar-refractivity contribution in [3.05, 3.63) is 35.9 Å². The highest BCUT2D eigenvalue weighted by molar-refractivity contribution is 5.18. The van der Waals surface area contributed by atoms with E-state index in [0.717, 1.165) is 13.0 Å². The molecule has 0 heterocycles. The van der Waals surface area contributed by atoms with Crippen molar-refractivity contribution in [2.45, 2.75) is 45.1 Å². The molecule has 0 bridgehead atoms. The van der Waals surface area contributed by atoms with Crippen LogP contribution < -0.4 is 5.32 Å². The number of hydrogen-bond donors (Lipinski definition) is 2. The van der Waals surface area contributed by atoms with Gasteiger partial charge in [0.25, 0.3) is 0 Å². The third-order valence-corrected chi connectivity index (χ3v) is 3.39. The van der Waals surface area contributed by atoms with Crippen molar-refractivity contribution in [1.29, 1.82) is 0 Å². The van der Waals surface area contributed by atoms with E-state index < -0.39 is 0 Å². The Bertz CT molecular complexity index is 316. The van der Waals surface area contributed by atoms with Gasteiger partial charge in [0.2, 0.25) is 0 Å². The number of ether oxygens (including phenoxy) is 1. The summed E-state index contributed by atoms with van der Waals surface area (Å²) >= 11 is 0. The van der Waals surface area contributed by atoms with Crippen molar-refractivity contribution < 1.29 is 9.84 Å². The highest BCUT2D eigenvalue weighted by atomic mass is 16.5. The molecule has 0 aliphatic carbocycles. The number of hydrogen-bond acceptors (Lipinski definition) is 3. The minimum Gasteiger partial charge on any atom is -0.394 e. The maximum absolute atomic E-state index is 8.64. The standard InChI is InChI=1S/C17H29NO2/c1-2-3-5-11-17(16-9-6-4-7-10-16)18-12-8-14-20-15-13-19/h4,6-7,9-10,17-19H,2-3,5,8,11-15H2,1H3. The quantitative estimate of drug-likeness (QED) is 0.577. The molecule has 3 nitrogen and oxygen atoms in total. The van der Waals surface area contributed by atoms with Crippen LogP contribution in [-0.4, -0.2) is 31.5 Å². The Kier molecular flexibility index (Phi) is 10.2. The summed E-state index contributed by atoms with van der Waals surface area (Å²) in [4.78, 5) is 0. The Morgan fingerprint density at radius 2 is 1.90 bits per heavy atom. The third-order valence-electron chi connectivity index (χ3n) is 3.39. The van der Waals surface area contributed by atoms with Crippen molar-refractivity contribution in [1.82, 2.24) is 5.32 Å². The molecule has 0 aliphatic rings. The van der Waals surface area contributed by atoms with Gasteiger partial charge in [0.05, 0.1) is 13.2 Å². The van der Waals surface area contributed by atoms with Crippen LogP contribution in [0.4, 0.5) is 0 Å². The molecule has 20 heavy (non-hydrogen) atoms. The van der Waals surface area contributed by atoms with E-state index in [1.807, 2.05) is 0 Å². The van der Waals surface area contributed by atoms with Crippen molar-refractivity contribution in [2.75, 3.05) is 26.4 Å². The maximum atomic E-state index is 8.64. The van der Waals surface area contributed by atoms with Crippen LogP contribution in [-0.2, 0) is 4.74 Å². The first-order chi connectivity index (χ1) is 9.88. The Labute approximate surface area is 123 Å². The Morgan fingerprint density at radius 3 is 2.60 bits per heavy atom. The number of rotatable bonds is 12. The van der Waals surface area contributed by atoms with E-state index >= 15 is 0 Å². The lowest BCUT2D eigenvalue weighted by molar-refractivity contribution is 0.0903.